The summed E-state index contributed by atoms with van der Waals surface area (Å²) in [5.74, 6) is -0.617. The number of esters is 1. The topological polar surface area (TPSA) is 73.2 Å². The summed E-state index contributed by atoms with van der Waals surface area (Å²) in [6.07, 6.45) is 2.05. The second-order valence-electron chi connectivity index (χ2n) is 8.73. The van der Waals surface area contributed by atoms with Gasteiger partial charge < -0.3 is 10.1 Å². The number of rotatable bonds is 6. The predicted octanol–water partition coefficient (Wildman–Crippen LogP) is 6.04. The van der Waals surface area contributed by atoms with E-state index in [2.05, 4.69) is 5.32 Å². The molecule has 1 aliphatic carbocycles. The first-order valence-electron chi connectivity index (χ1n) is 11.4. The molecule has 0 radical (unpaired) electrons. The Bertz CT molecular complexity index is 1420. The minimum atomic E-state index is -0.468. The normalized spacial score (nSPS) is 12.9. The van der Waals surface area contributed by atoms with Crippen LogP contribution in [0.2, 0.25) is 0 Å². The molecule has 3 aromatic carbocycles. The molecular weight excluding hydrogens is 445 g/mol. The highest BCUT2D eigenvalue weighted by Crippen LogP contribution is 2.48. The molecule has 4 aromatic rings. The molecule has 1 fully saturated rings. The van der Waals surface area contributed by atoms with Gasteiger partial charge in [-0.25, -0.2) is 4.39 Å². The number of aryl methyl sites for hydroxylation is 1. The van der Waals surface area contributed by atoms with Crippen molar-refractivity contribution in [2.24, 2.45) is 0 Å². The molecule has 176 valence electrons. The molecule has 1 N–H and O–H groups in total. The molecule has 0 unspecified atom stereocenters. The molecule has 1 aromatic heterocycles. The maximum atomic E-state index is 13.5. The van der Waals surface area contributed by atoms with Crippen LogP contribution in [0.5, 0.6) is 5.88 Å². The minimum absolute atomic E-state index is 0.238. The Labute approximate surface area is 202 Å². The Morgan fingerprint density at radius 3 is 2.43 bits per heavy atom. The lowest BCUT2D eigenvalue weighted by Crippen LogP contribution is -2.11. The van der Waals surface area contributed by atoms with E-state index in [0.29, 0.717) is 17.5 Å². The van der Waals surface area contributed by atoms with Crippen molar-refractivity contribution in [2.45, 2.75) is 32.6 Å². The van der Waals surface area contributed by atoms with Crippen molar-refractivity contribution >= 4 is 17.6 Å². The summed E-state index contributed by atoms with van der Waals surface area (Å²) in [4.78, 5) is 24.5. The number of nitrogens with zero attached hydrogens (tertiary/aromatic N) is 2. The molecule has 1 aliphatic rings. The molecule has 7 heteroatoms. The van der Waals surface area contributed by atoms with Crippen LogP contribution in [-0.2, 0) is 4.79 Å². The van der Waals surface area contributed by atoms with Gasteiger partial charge in [0.1, 0.15) is 5.82 Å². The molecule has 0 bridgehead atoms. The Hall–Kier alpha value is -4.26. The van der Waals surface area contributed by atoms with Gasteiger partial charge in [0.2, 0.25) is 5.88 Å². The van der Waals surface area contributed by atoms with Gasteiger partial charge >= 0.3 is 5.97 Å². The number of nitrogens with one attached hydrogen (secondary N) is 1. The maximum Gasteiger partial charge on any atom is 0.309 e. The van der Waals surface area contributed by atoms with Gasteiger partial charge in [0.25, 0.3) is 5.91 Å². The van der Waals surface area contributed by atoms with Crippen LogP contribution in [0.3, 0.4) is 0 Å². The number of halogens is 1. The largest absolute Gasteiger partial charge is 0.407 e. The number of anilines is 1. The van der Waals surface area contributed by atoms with E-state index in [0.717, 1.165) is 40.9 Å². The van der Waals surface area contributed by atoms with E-state index >= 15 is 0 Å². The standard InChI is InChI=1S/C28H24FN3O3/c1-17-5-3-8-24(15-17)32-28(35-18(2)33)25(26(31-32)20-9-10-20)19-11-13-23(14-12-19)30-27(34)21-6-4-7-22(29)16-21/h3-8,11-16,20H,9-10H2,1-2H3,(H,30,34). The van der Waals surface area contributed by atoms with Crippen LogP contribution in [0.1, 0.15) is 47.3 Å². The van der Waals surface area contributed by atoms with Crippen LogP contribution in [0.15, 0.2) is 72.8 Å². The SMILES string of the molecule is CC(=O)Oc1c(-c2ccc(NC(=O)c3cccc(F)c3)cc2)c(C2CC2)nn1-c1cccc(C)c1. The van der Waals surface area contributed by atoms with Crippen LogP contribution in [-0.4, -0.2) is 21.7 Å². The summed E-state index contributed by atoms with van der Waals surface area (Å²) in [5, 5.41) is 7.65. The average Bonchev–Trinajstić information content (AvgIpc) is 3.61. The van der Waals surface area contributed by atoms with Crippen LogP contribution in [0.25, 0.3) is 16.8 Å². The lowest BCUT2D eigenvalue weighted by molar-refractivity contribution is -0.132. The molecule has 0 spiro atoms. The average molecular weight is 470 g/mol. The second-order valence-corrected chi connectivity index (χ2v) is 8.73. The molecule has 5 rings (SSSR count). The van der Waals surface area contributed by atoms with Crippen molar-refractivity contribution in [1.29, 1.82) is 0 Å². The zero-order valence-electron chi connectivity index (χ0n) is 19.4. The third kappa shape index (κ3) is 4.84. The van der Waals surface area contributed by atoms with Crippen molar-refractivity contribution in [1.82, 2.24) is 9.78 Å². The Morgan fingerprint density at radius 1 is 1.03 bits per heavy atom. The first-order valence-corrected chi connectivity index (χ1v) is 11.4. The van der Waals surface area contributed by atoms with Gasteiger partial charge in [0, 0.05) is 24.1 Å². The number of aromatic nitrogens is 2. The quantitative estimate of drug-likeness (QED) is 0.349. The van der Waals surface area contributed by atoms with Crippen molar-refractivity contribution in [3.63, 3.8) is 0 Å². The Kier molecular flexibility index (Phi) is 5.91. The number of hydrogen-bond acceptors (Lipinski definition) is 4. The molecule has 1 heterocycles. The minimum Gasteiger partial charge on any atom is -0.407 e. The van der Waals surface area contributed by atoms with Gasteiger partial charge in [-0.05, 0) is 73.4 Å². The van der Waals surface area contributed by atoms with E-state index in [4.69, 9.17) is 9.84 Å². The van der Waals surface area contributed by atoms with Crippen LogP contribution >= 0.6 is 0 Å². The van der Waals surface area contributed by atoms with E-state index < -0.39 is 17.7 Å². The van der Waals surface area contributed by atoms with E-state index in [1.54, 1.807) is 22.9 Å². The maximum absolute atomic E-state index is 13.5. The highest BCUT2D eigenvalue weighted by molar-refractivity contribution is 6.04. The van der Waals surface area contributed by atoms with Gasteiger partial charge in [-0.1, -0.05) is 30.3 Å². The molecule has 0 atom stereocenters. The van der Waals surface area contributed by atoms with Gasteiger partial charge in [-0.15, -0.1) is 0 Å². The number of ether oxygens (including phenoxy) is 1. The van der Waals surface area contributed by atoms with Crippen molar-refractivity contribution in [3.8, 4) is 22.7 Å². The summed E-state index contributed by atoms with van der Waals surface area (Å²) < 4.78 is 20.9. The number of hydrogen-bond donors (Lipinski definition) is 1. The zero-order valence-corrected chi connectivity index (χ0v) is 19.4. The van der Waals surface area contributed by atoms with E-state index in [-0.39, 0.29) is 5.56 Å². The van der Waals surface area contributed by atoms with Gasteiger partial charge in [0.05, 0.1) is 16.9 Å². The molecule has 1 amide bonds. The molecular formula is C28H24FN3O3. The highest BCUT2D eigenvalue weighted by Gasteiger charge is 2.34. The summed E-state index contributed by atoms with van der Waals surface area (Å²) in [7, 11) is 0. The predicted molar refractivity (Wildman–Crippen MR) is 131 cm³/mol. The lowest BCUT2D eigenvalue weighted by Gasteiger charge is -2.11. The molecule has 0 aliphatic heterocycles. The Morgan fingerprint density at radius 2 is 1.77 bits per heavy atom. The van der Waals surface area contributed by atoms with Crippen LogP contribution < -0.4 is 10.1 Å². The summed E-state index contributed by atoms with van der Waals surface area (Å²) in [6.45, 7) is 3.37. The molecule has 6 nitrogen and oxygen atoms in total. The third-order valence-corrected chi connectivity index (χ3v) is 5.84. The van der Waals surface area contributed by atoms with Crippen molar-refractivity contribution in [2.75, 3.05) is 5.32 Å². The fourth-order valence-corrected chi connectivity index (χ4v) is 4.05. The van der Waals surface area contributed by atoms with Crippen molar-refractivity contribution < 1.29 is 18.7 Å². The summed E-state index contributed by atoms with van der Waals surface area (Å²) in [5.41, 5.74) is 5.17. The Balaban J connectivity index is 1.52. The first kappa shape index (κ1) is 22.5. The second kappa shape index (κ2) is 9.18. The fourth-order valence-electron chi connectivity index (χ4n) is 4.05. The number of benzene rings is 3. The highest BCUT2D eigenvalue weighted by atomic mass is 19.1. The monoisotopic (exact) mass is 469 g/mol. The van der Waals surface area contributed by atoms with Crippen molar-refractivity contribution in [3.05, 3.63) is 95.4 Å². The molecule has 1 saturated carbocycles. The smallest absolute Gasteiger partial charge is 0.309 e. The van der Waals surface area contributed by atoms with E-state index in [1.165, 1.54) is 25.1 Å². The fraction of sp³-hybridized carbons (Fsp3) is 0.179. The van der Waals surface area contributed by atoms with Gasteiger partial charge in [-0.3, -0.25) is 9.59 Å². The van der Waals surface area contributed by atoms with E-state index in [9.17, 15) is 14.0 Å². The third-order valence-electron chi connectivity index (χ3n) is 5.84. The molecule has 0 saturated heterocycles. The lowest BCUT2D eigenvalue weighted by atomic mass is 10.0. The van der Waals surface area contributed by atoms with Crippen LogP contribution in [0.4, 0.5) is 10.1 Å². The first-order chi connectivity index (χ1) is 16.9. The number of amides is 1. The number of carbonyl (C=O) groups excluding carboxylic acids is 2. The van der Waals surface area contributed by atoms with Crippen LogP contribution in [0, 0.1) is 12.7 Å². The summed E-state index contributed by atoms with van der Waals surface area (Å²) >= 11 is 0. The van der Waals surface area contributed by atoms with Gasteiger partial charge in [-0.2, -0.15) is 9.78 Å². The molecule has 35 heavy (non-hydrogen) atoms. The summed E-state index contributed by atoms with van der Waals surface area (Å²) in [6, 6.07) is 20.6. The van der Waals surface area contributed by atoms with E-state index in [1.807, 2.05) is 43.3 Å². The number of carbonyl (C=O) groups is 2. The van der Waals surface area contributed by atoms with Gasteiger partial charge in [0.15, 0.2) is 0 Å². The zero-order chi connectivity index (χ0) is 24.5.